The summed E-state index contributed by atoms with van der Waals surface area (Å²) in [4.78, 5) is 27.9. The molecule has 0 radical (unpaired) electrons. The summed E-state index contributed by atoms with van der Waals surface area (Å²) in [5.41, 5.74) is 2.83. The van der Waals surface area contributed by atoms with E-state index in [1.807, 2.05) is 48.5 Å². The van der Waals surface area contributed by atoms with Crippen LogP contribution in [-0.2, 0) is 11.2 Å². The Kier molecular flexibility index (Phi) is 6.51. The molecule has 5 nitrogen and oxygen atoms in total. The van der Waals surface area contributed by atoms with Crippen molar-refractivity contribution in [2.45, 2.75) is 32.2 Å². The van der Waals surface area contributed by atoms with Crippen LogP contribution in [0.1, 0.15) is 46.1 Å². The van der Waals surface area contributed by atoms with Gasteiger partial charge in [-0.25, -0.2) is 0 Å². The van der Waals surface area contributed by atoms with Crippen LogP contribution in [0.4, 0.5) is 0 Å². The Morgan fingerprint density at radius 3 is 2.45 bits per heavy atom. The second kappa shape index (κ2) is 9.65. The molecule has 1 saturated heterocycles. The first kappa shape index (κ1) is 20.9. The largest absolute Gasteiger partial charge is 0.469 e. The third-order valence-electron chi connectivity index (χ3n) is 5.97. The zero-order valence-electron chi connectivity index (χ0n) is 17.8. The van der Waals surface area contributed by atoms with Crippen molar-refractivity contribution in [1.29, 1.82) is 0 Å². The van der Waals surface area contributed by atoms with E-state index >= 15 is 0 Å². The molecule has 0 spiro atoms. The molecule has 0 aliphatic carbocycles. The lowest BCUT2D eigenvalue weighted by molar-refractivity contribution is -0.127. The average molecular weight is 417 g/mol. The second-order valence-electron chi connectivity index (χ2n) is 8.14. The highest BCUT2D eigenvalue weighted by Gasteiger charge is 2.31. The maximum atomic E-state index is 13.2. The Labute approximate surface area is 183 Å². The number of hydrogen-bond donors (Lipinski definition) is 1. The predicted octanol–water partition coefficient (Wildman–Crippen LogP) is 4.54. The summed E-state index contributed by atoms with van der Waals surface area (Å²) in [5, 5.41) is 3.26. The molecule has 2 aromatic carbocycles. The molecule has 1 fully saturated rings. The molecule has 1 aliphatic heterocycles. The summed E-state index contributed by atoms with van der Waals surface area (Å²) in [6, 6.07) is 21.8. The fourth-order valence-corrected chi connectivity index (χ4v) is 4.23. The van der Waals surface area contributed by atoms with Crippen molar-refractivity contribution in [2.75, 3.05) is 13.1 Å². The van der Waals surface area contributed by atoms with E-state index in [4.69, 9.17) is 4.42 Å². The standard InChI is InChI=1S/C26H28N2O3/c1-19-23(14-16-31-19)26(30)28-15-8-13-22(18-28)25(29)27-24(21-11-6-3-7-12-21)17-20-9-4-2-5-10-20/h2-7,9-12,14,16,22,24H,8,13,15,17-18H2,1H3,(H,27,29). The van der Waals surface area contributed by atoms with Gasteiger partial charge in [-0.3, -0.25) is 9.59 Å². The Balaban J connectivity index is 1.46. The van der Waals surface area contributed by atoms with Gasteiger partial charge in [0.25, 0.3) is 5.91 Å². The number of furan rings is 1. The van der Waals surface area contributed by atoms with Crippen LogP contribution in [0.2, 0.25) is 0 Å². The molecule has 1 aliphatic rings. The molecule has 5 heteroatoms. The Morgan fingerprint density at radius 2 is 1.77 bits per heavy atom. The summed E-state index contributed by atoms with van der Waals surface area (Å²) in [6.45, 7) is 2.89. The molecule has 1 aromatic heterocycles. The van der Waals surface area contributed by atoms with Crippen LogP contribution in [0.25, 0.3) is 0 Å². The molecule has 1 N–H and O–H groups in total. The van der Waals surface area contributed by atoms with Crippen LogP contribution in [0.5, 0.6) is 0 Å². The number of aryl methyl sites for hydroxylation is 1. The van der Waals surface area contributed by atoms with Crippen LogP contribution in [-0.4, -0.2) is 29.8 Å². The summed E-state index contributed by atoms with van der Waals surface area (Å²) < 4.78 is 5.28. The van der Waals surface area contributed by atoms with Gasteiger partial charge in [0, 0.05) is 13.1 Å². The van der Waals surface area contributed by atoms with Crippen LogP contribution < -0.4 is 5.32 Å². The highest BCUT2D eigenvalue weighted by molar-refractivity contribution is 5.95. The zero-order chi connectivity index (χ0) is 21.6. The summed E-state index contributed by atoms with van der Waals surface area (Å²) in [5.74, 6) is 0.342. The molecule has 31 heavy (non-hydrogen) atoms. The van der Waals surface area contributed by atoms with Gasteiger partial charge in [-0.15, -0.1) is 0 Å². The van der Waals surface area contributed by atoms with E-state index < -0.39 is 0 Å². The van der Waals surface area contributed by atoms with E-state index in [0.29, 0.717) is 24.4 Å². The normalized spacial score (nSPS) is 17.2. The number of benzene rings is 2. The number of nitrogens with zero attached hydrogens (tertiary/aromatic N) is 1. The van der Waals surface area contributed by atoms with Crippen molar-refractivity contribution in [2.24, 2.45) is 5.92 Å². The number of nitrogens with one attached hydrogen (secondary N) is 1. The number of likely N-dealkylation sites (tertiary alicyclic amines) is 1. The van der Waals surface area contributed by atoms with Crippen molar-refractivity contribution in [3.8, 4) is 0 Å². The topological polar surface area (TPSA) is 62.6 Å². The van der Waals surface area contributed by atoms with E-state index in [1.165, 1.54) is 11.8 Å². The van der Waals surface area contributed by atoms with Crippen molar-refractivity contribution >= 4 is 11.8 Å². The first-order chi connectivity index (χ1) is 15.1. The highest BCUT2D eigenvalue weighted by atomic mass is 16.3. The SMILES string of the molecule is Cc1occc1C(=O)N1CCCC(C(=O)NC(Cc2ccccc2)c2ccccc2)C1. The van der Waals surface area contributed by atoms with Gasteiger partial charge in [-0.1, -0.05) is 60.7 Å². The Bertz CT molecular complexity index is 1010. The van der Waals surface area contributed by atoms with E-state index in [9.17, 15) is 9.59 Å². The molecule has 2 amide bonds. The van der Waals surface area contributed by atoms with Crippen LogP contribution in [0.3, 0.4) is 0 Å². The predicted molar refractivity (Wildman–Crippen MR) is 120 cm³/mol. The van der Waals surface area contributed by atoms with Gasteiger partial charge in [0.2, 0.25) is 5.91 Å². The number of amides is 2. The fraction of sp³-hybridized carbons (Fsp3) is 0.308. The summed E-state index contributed by atoms with van der Waals surface area (Å²) >= 11 is 0. The van der Waals surface area contributed by atoms with Crippen molar-refractivity contribution in [1.82, 2.24) is 10.2 Å². The molecule has 3 aromatic rings. The van der Waals surface area contributed by atoms with Gasteiger partial charge in [-0.05, 0) is 43.4 Å². The van der Waals surface area contributed by atoms with E-state index in [0.717, 1.165) is 24.8 Å². The number of carbonyl (C=O) groups is 2. The fourth-order valence-electron chi connectivity index (χ4n) is 4.23. The first-order valence-corrected chi connectivity index (χ1v) is 10.8. The molecule has 2 heterocycles. The Morgan fingerprint density at radius 1 is 1.06 bits per heavy atom. The maximum Gasteiger partial charge on any atom is 0.257 e. The molecule has 2 unspecified atom stereocenters. The third kappa shape index (κ3) is 5.05. The first-order valence-electron chi connectivity index (χ1n) is 10.8. The third-order valence-corrected chi connectivity index (χ3v) is 5.97. The number of piperidine rings is 1. The molecule has 2 atom stereocenters. The smallest absolute Gasteiger partial charge is 0.257 e. The van der Waals surface area contributed by atoms with E-state index in [1.54, 1.807) is 17.9 Å². The molecular weight excluding hydrogens is 388 g/mol. The second-order valence-corrected chi connectivity index (χ2v) is 8.14. The molecule has 0 bridgehead atoms. The minimum Gasteiger partial charge on any atom is -0.469 e. The van der Waals surface area contributed by atoms with Crippen LogP contribution in [0.15, 0.2) is 77.4 Å². The number of rotatable bonds is 6. The lowest BCUT2D eigenvalue weighted by Gasteiger charge is -2.33. The quantitative estimate of drug-likeness (QED) is 0.642. The minimum absolute atomic E-state index is 0.00574. The van der Waals surface area contributed by atoms with Gasteiger partial charge < -0.3 is 14.6 Å². The summed E-state index contributed by atoms with van der Waals surface area (Å²) in [7, 11) is 0. The van der Waals surface area contributed by atoms with Gasteiger partial charge in [0.1, 0.15) is 5.76 Å². The zero-order valence-corrected chi connectivity index (χ0v) is 17.8. The van der Waals surface area contributed by atoms with Crippen LogP contribution >= 0.6 is 0 Å². The van der Waals surface area contributed by atoms with Crippen molar-refractivity contribution in [3.05, 3.63) is 95.4 Å². The van der Waals surface area contributed by atoms with Gasteiger partial charge in [-0.2, -0.15) is 0 Å². The molecule has 160 valence electrons. The monoisotopic (exact) mass is 416 g/mol. The number of hydrogen-bond acceptors (Lipinski definition) is 3. The minimum atomic E-state index is -0.216. The van der Waals surface area contributed by atoms with Crippen LogP contribution in [0, 0.1) is 12.8 Å². The van der Waals surface area contributed by atoms with Gasteiger partial charge >= 0.3 is 0 Å². The van der Waals surface area contributed by atoms with Gasteiger partial charge in [0.15, 0.2) is 0 Å². The van der Waals surface area contributed by atoms with E-state index in [-0.39, 0.29) is 23.8 Å². The highest BCUT2D eigenvalue weighted by Crippen LogP contribution is 2.23. The maximum absolute atomic E-state index is 13.2. The lowest BCUT2D eigenvalue weighted by Crippen LogP contribution is -2.46. The molecule has 0 saturated carbocycles. The number of carbonyl (C=O) groups excluding carboxylic acids is 2. The molecule has 4 rings (SSSR count). The average Bonchev–Trinajstić information content (AvgIpc) is 3.25. The summed E-state index contributed by atoms with van der Waals surface area (Å²) in [6.07, 6.45) is 3.85. The van der Waals surface area contributed by atoms with Gasteiger partial charge in [0.05, 0.1) is 23.8 Å². The molecular formula is C26H28N2O3. The van der Waals surface area contributed by atoms with Crippen molar-refractivity contribution < 1.29 is 14.0 Å². The Hall–Kier alpha value is -3.34. The van der Waals surface area contributed by atoms with E-state index in [2.05, 4.69) is 17.4 Å². The van der Waals surface area contributed by atoms with Crippen molar-refractivity contribution in [3.63, 3.8) is 0 Å². The lowest BCUT2D eigenvalue weighted by atomic mass is 9.94.